The number of amides is 1. The average Bonchev–Trinajstić information content (AvgIpc) is 2.80. The lowest BCUT2D eigenvalue weighted by Gasteiger charge is -2.21. The van der Waals surface area contributed by atoms with Gasteiger partial charge in [-0.05, 0) is 50.2 Å². The van der Waals surface area contributed by atoms with E-state index in [9.17, 15) is 9.90 Å². The van der Waals surface area contributed by atoms with Crippen LogP contribution in [0.5, 0.6) is 0 Å². The third kappa shape index (κ3) is 2.91. The van der Waals surface area contributed by atoms with E-state index >= 15 is 0 Å². The second kappa shape index (κ2) is 5.53. The number of rotatable bonds is 4. The molecule has 0 aromatic heterocycles. The highest BCUT2D eigenvalue weighted by molar-refractivity contribution is 5.85. The minimum atomic E-state index is -1.11. The number of aliphatic hydroxyl groups is 1. The summed E-state index contributed by atoms with van der Waals surface area (Å²) in [6.07, 6.45) is 3.91. The molecule has 0 radical (unpaired) electrons. The van der Waals surface area contributed by atoms with Crippen LogP contribution in [0.4, 0.5) is 0 Å². The molecule has 0 aliphatic heterocycles. The number of benzene rings is 1. The Hall–Kier alpha value is -1.35. The number of nitrogens with one attached hydrogen (secondary N) is 1. The number of aryl methyl sites for hydroxylation is 1. The van der Waals surface area contributed by atoms with E-state index < -0.39 is 5.60 Å². The molecule has 1 aliphatic rings. The van der Waals surface area contributed by atoms with Crippen LogP contribution >= 0.6 is 0 Å². The fourth-order valence-electron chi connectivity index (χ4n) is 2.55. The van der Waals surface area contributed by atoms with E-state index in [-0.39, 0.29) is 5.91 Å². The summed E-state index contributed by atoms with van der Waals surface area (Å²) in [5.41, 5.74) is 1.38. The van der Waals surface area contributed by atoms with E-state index in [0.717, 1.165) is 19.3 Å². The molecule has 0 bridgehead atoms. The first-order valence-electron chi connectivity index (χ1n) is 6.67. The van der Waals surface area contributed by atoms with Crippen molar-refractivity contribution in [2.24, 2.45) is 0 Å². The average molecular weight is 247 g/mol. The number of carbonyl (C=O) groups is 1. The lowest BCUT2D eigenvalue weighted by atomic mass is 10.0. The molecule has 2 N–H and O–H groups in total. The summed E-state index contributed by atoms with van der Waals surface area (Å²) in [6, 6.07) is 8.17. The van der Waals surface area contributed by atoms with Gasteiger partial charge < -0.3 is 10.4 Å². The first-order chi connectivity index (χ1) is 8.62. The van der Waals surface area contributed by atoms with Gasteiger partial charge in [-0.15, -0.1) is 0 Å². The van der Waals surface area contributed by atoms with E-state index in [1.165, 1.54) is 11.1 Å². The van der Waals surface area contributed by atoms with E-state index in [2.05, 4.69) is 24.4 Å². The van der Waals surface area contributed by atoms with Gasteiger partial charge in [0.25, 0.3) is 5.91 Å². The van der Waals surface area contributed by atoms with Crippen LogP contribution in [-0.2, 0) is 11.2 Å². The smallest absolute Gasteiger partial charge is 0.251 e. The molecule has 0 atom stereocenters. The van der Waals surface area contributed by atoms with Crippen LogP contribution in [0, 0.1) is 6.92 Å². The lowest BCUT2D eigenvalue weighted by Crippen LogP contribution is -2.45. The fourth-order valence-corrected chi connectivity index (χ4v) is 2.55. The van der Waals surface area contributed by atoms with Crippen molar-refractivity contribution in [1.29, 1.82) is 0 Å². The molecule has 0 unspecified atom stereocenters. The largest absolute Gasteiger partial charge is 0.380 e. The molecular formula is C15H21NO2. The molecule has 2 rings (SSSR count). The van der Waals surface area contributed by atoms with Gasteiger partial charge in [0.1, 0.15) is 5.60 Å². The zero-order valence-corrected chi connectivity index (χ0v) is 10.9. The Kier molecular flexibility index (Phi) is 4.02. The molecule has 1 fully saturated rings. The van der Waals surface area contributed by atoms with Gasteiger partial charge in [-0.2, -0.15) is 0 Å². The van der Waals surface area contributed by atoms with Crippen LogP contribution in [0.15, 0.2) is 24.3 Å². The topological polar surface area (TPSA) is 49.3 Å². The number of carbonyl (C=O) groups excluding carboxylic acids is 1. The summed E-state index contributed by atoms with van der Waals surface area (Å²) < 4.78 is 0. The van der Waals surface area contributed by atoms with E-state index in [4.69, 9.17) is 0 Å². The molecular weight excluding hydrogens is 226 g/mol. The van der Waals surface area contributed by atoms with Gasteiger partial charge >= 0.3 is 0 Å². The highest BCUT2D eigenvalue weighted by Gasteiger charge is 2.38. The van der Waals surface area contributed by atoms with Crippen LogP contribution in [0.25, 0.3) is 0 Å². The maximum atomic E-state index is 11.9. The van der Waals surface area contributed by atoms with Gasteiger partial charge in [-0.3, -0.25) is 4.79 Å². The van der Waals surface area contributed by atoms with Gasteiger partial charge in [0.2, 0.25) is 0 Å². The molecule has 1 saturated carbocycles. The molecule has 1 amide bonds. The Morgan fingerprint density at radius 2 is 2.00 bits per heavy atom. The van der Waals surface area contributed by atoms with Crippen LogP contribution in [0.1, 0.15) is 36.8 Å². The van der Waals surface area contributed by atoms with E-state index in [1.807, 2.05) is 12.1 Å². The standard InChI is InChI=1S/C15H21NO2/c1-12-6-2-3-7-13(12)8-11-16-14(17)15(18)9-4-5-10-15/h2-3,6-7,18H,4-5,8-11H2,1H3,(H,16,17). The molecule has 1 aliphatic carbocycles. The van der Waals surface area contributed by atoms with Crippen molar-refractivity contribution >= 4 is 5.91 Å². The Bertz CT molecular complexity index is 422. The Balaban J connectivity index is 1.82. The van der Waals surface area contributed by atoms with Crippen LogP contribution in [-0.4, -0.2) is 23.2 Å². The second-order valence-corrected chi connectivity index (χ2v) is 5.17. The first kappa shape index (κ1) is 13.1. The second-order valence-electron chi connectivity index (χ2n) is 5.17. The van der Waals surface area contributed by atoms with E-state index in [1.54, 1.807) is 0 Å². The highest BCUT2D eigenvalue weighted by atomic mass is 16.3. The summed E-state index contributed by atoms with van der Waals surface area (Å²) in [5, 5.41) is 13.0. The molecule has 98 valence electrons. The summed E-state index contributed by atoms with van der Waals surface area (Å²) in [7, 11) is 0. The van der Waals surface area contributed by atoms with Crippen molar-refractivity contribution in [3.05, 3.63) is 35.4 Å². The van der Waals surface area contributed by atoms with Gasteiger partial charge in [-0.25, -0.2) is 0 Å². The summed E-state index contributed by atoms with van der Waals surface area (Å²) in [6.45, 7) is 2.66. The first-order valence-corrected chi connectivity index (χ1v) is 6.67. The molecule has 0 heterocycles. The number of hydrogen-bond acceptors (Lipinski definition) is 2. The van der Waals surface area contributed by atoms with Gasteiger partial charge in [0.05, 0.1) is 0 Å². The maximum Gasteiger partial charge on any atom is 0.251 e. The monoisotopic (exact) mass is 247 g/mol. The molecule has 1 aromatic rings. The Morgan fingerprint density at radius 3 is 2.67 bits per heavy atom. The zero-order chi connectivity index (χ0) is 13.0. The zero-order valence-electron chi connectivity index (χ0n) is 10.9. The Labute approximate surface area is 108 Å². The maximum absolute atomic E-state index is 11.9. The summed E-state index contributed by atoms with van der Waals surface area (Å²) >= 11 is 0. The third-order valence-electron chi connectivity index (χ3n) is 3.79. The van der Waals surface area contributed by atoms with Gasteiger partial charge in [-0.1, -0.05) is 24.3 Å². The summed E-state index contributed by atoms with van der Waals surface area (Å²) in [5.74, 6) is -0.200. The van der Waals surface area contributed by atoms with Crippen LogP contribution in [0.3, 0.4) is 0 Å². The molecule has 0 spiro atoms. The molecule has 3 heteroatoms. The van der Waals surface area contributed by atoms with Gasteiger partial charge in [0, 0.05) is 6.54 Å². The lowest BCUT2D eigenvalue weighted by molar-refractivity contribution is -0.139. The van der Waals surface area contributed by atoms with Crippen molar-refractivity contribution in [3.8, 4) is 0 Å². The highest BCUT2D eigenvalue weighted by Crippen LogP contribution is 2.29. The van der Waals surface area contributed by atoms with Crippen molar-refractivity contribution in [2.45, 2.75) is 44.6 Å². The van der Waals surface area contributed by atoms with Crippen molar-refractivity contribution in [2.75, 3.05) is 6.54 Å². The fraction of sp³-hybridized carbons (Fsp3) is 0.533. The molecule has 18 heavy (non-hydrogen) atoms. The van der Waals surface area contributed by atoms with Crippen molar-refractivity contribution in [1.82, 2.24) is 5.32 Å². The third-order valence-corrected chi connectivity index (χ3v) is 3.79. The van der Waals surface area contributed by atoms with Crippen LogP contribution < -0.4 is 5.32 Å². The van der Waals surface area contributed by atoms with Crippen LogP contribution in [0.2, 0.25) is 0 Å². The van der Waals surface area contributed by atoms with E-state index in [0.29, 0.717) is 19.4 Å². The molecule has 0 saturated heterocycles. The summed E-state index contributed by atoms with van der Waals surface area (Å²) in [4.78, 5) is 11.9. The van der Waals surface area contributed by atoms with Crippen molar-refractivity contribution in [3.63, 3.8) is 0 Å². The SMILES string of the molecule is Cc1ccccc1CCNC(=O)C1(O)CCCC1. The predicted octanol–water partition coefficient (Wildman–Crippen LogP) is 1.96. The minimum absolute atomic E-state index is 0.200. The Morgan fingerprint density at radius 1 is 1.33 bits per heavy atom. The molecule has 1 aromatic carbocycles. The predicted molar refractivity (Wildman–Crippen MR) is 71.3 cm³/mol. The minimum Gasteiger partial charge on any atom is -0.380 e. The quantitative estimate of drug-likeness (QED) is 0.854. The normalized spacial score (nSPS) is 17.7. The van der Waals surface area contributed by atoms with Crippen molar-refractivity contribution < 1.29 is 9.90 Å². The molecule has 3 nitrogen and oxygen atoms in total. The number of hydrogen-bond donors (Lipinski definition) is 2. The van der Waals surface area contributed by atoms with Gasteiger partial charge in [0.15, 0.2) is 0 Å².